The van der Waals surface area contributed by atoms with Crippen LogP contribution in [-0.4, -0.2) is 39.0 Å². The summed E-state index contributed by atoms with van der Waals surface area (Å²) in [4.78, 5) is 36.5. The van der Waals surface area contributed by atoms with E-state index in [1.54, 1.807) is 6.92 Å². The van der Waals surface area contributed by atoms with Crippen LogP contribution in [0.2, 0.25) is 0 Å². The lowest BCUT2D eigenvalue weighted by Gasteiger charge is -2.09. The van der Waals surface area contributed by atoms with Gasteiger partial charge in [-0.1, -0.05) is 11.8 Å². The second-order valence-electron chi connectivity index (χ2n) is 3.16. The maximum Gasteiger partial charge on any atom is 0.326 e. The Hall–Kier alpha value is -1.83. The molecule has 0 unspecified atom stereocenters. The fourth-order valence-corrected chi connectivity index (χ4v) is 1.82. The zero-order valence-electron chi connectivity index (χ0n) is 9.66. The fourth-order valence-electron chi connectivity index (χ4n) is 1.12. The third kappa shape index (κ3) is 4.58. The summed E-state index contributed by atoms with van der Waals surface area (Å²) in [6.45, 7) is 1.83. The van der Waals surface area contributed by atoms with Crippen molar-refractivity contribution in [3.63, 3.8) is 0 Å². The van der Waals surface area contributed by atoms with Crippen LogP contribution in [0.5, 0.6) is 0 Å². The van der Waals surface area contributed by atoms with Gasteiger partial charge in [-0.05, 0) is 6.92 Å². The largest absolute Gasteiger partial charge is 0.481 e. The standard InChI is InChI=1S/C10H12N2O5S/c1-2-17-9(16)5-12-4-3-7(13)11-10(12)18-6-8(14)15/h3-4H,2,5-6H2,1H3,(H,14,15). The summed E-state index contributed by atoms with van der Waals surface area (Å²) in [6, 6.07) is 1.20. The lowest BCUT2D eigenvalue weighted by Crippen LogP contribution is -2.19. The Kier molecular flexibility index (Phi) is 5.37. The fraction of sp³-hybridized carbons (Fsp3) is 0.400. The molecule has 0 aliphatic carbocycles. The van der Waals surface area contributed by atoms with E-state index in [2.05, 4.69) is 4.98 Å². The Morgan fingerprint density at radius 1 is 1.56 bits per heavy atom. The quantitative estimate of drug-likeness (QED) is 0.441. The molecule has 98 valence electrons. The molecule has 0 radical (unpaired) electrons. The number of esters is 1. The van der Waals surface area contributed by atoms with E-state index in [0.29, 0.717) is 0 Å². The van der Waals surface area contributed by atoms with E-state index in [9.17, 15) is 14.4 Å². The van der Waals surface area contributed by atoms with Crippen molar-refractivity contribution in [2.24, 2.45) is 0 Å². The Balaban J connectivity index is 2.85. The highest BCUT2D eigenvalue weighted by atomic mass is 32.2. The minimum atomic E-state index is -1.03. The Morgan fingerprint density at radius 3 is 2.89 bits per heavy atom. The van der Waals surface area contributed by atoms with Gasteiger partial charge < -0.3 is 14.4 Å². The topological polar surface area (TPSA) is 98.5 Å². The highest BCUT2D eigenvalue weighted by Gasteiger charge is 2.10. The highest BCUT2D eigenvalue weighted by molar-refractivity contribution is 7.99. The van der Waals surface area contributed by atoms with Crippen LogP contribution >= 0.6 is 11.8 Å². The van der Waals surface area contributed by atoms with Gasteiger partial charge in [0.2, 0.25) is 0 Å². The van der Waals surface area contributed by atoms with Crippen molar-refractivity contribution in [3.05, 3.63) is 22.6 Å². The van der Waals surface area contributed by atoms with Crippen LogP contribution in [-0.2, 0) is 20.9 Å². The van der Waals surface area contributed by atoms with Crippen molar-refractivity contribution in [1.29, 1.82) is 0 Å². The Labute approximate surface area is 107 Å². The summed E-state index contributed by atoms with van der Waals surface area (Å²) in [5, 5.41) is 8.75. The van der Waals surface area contributed by atoms with Gasteiger partial charge in [0, 0.05) is 12.3 Å². The molecule has 1 heterocycles. The van der Waals surface area contributed by atoms with Crippen LogP contribution < -0.4 is 5.56 Å². The van der Waals surface area contributed by atoms with Gasteiger partial charge in [-0.3, -0.25) is 14.4 Å². The predicted molar refractivity (Wildman–Crippen MR) is 63.5 cm³/mol. The average Bonchev–Trinajstić information content (AvgIpc) is 2.29. The third-order valence-electron chi connectivity index (χ3n) is 1.78. The van der Waals surface area contributed by atoms with E-state index in [-0.39, 0.29) is 24.1 Å². The minimum Gasteiger partial charge on any atom is -0.481 e. The molecule has 0 aliphatic heterocycles. The van der Waals surface area contributed by atoms with Gasteiger partial charge in [0.1, 0.15) is 6.54 Å². The summed E-state index contributed by atoms with van der Waals surface area (Å²) >= 11 is 0.874. The average molecular weight is 272 g/mol. The maximum absolute atomic E-state index is 11.3. The smallest absolute Gasteiger partial charge is 0.326 e. The molecule has 1 aromatic heterocycles. The Bertz CT molecular complexity index is 499. The number of hydrogen-bond acceptors (Lipinski definition) is 6. The first kappa shape index (κ1) is 14.2. The van der Waals surface area contributed by atoms with Gasteiger partial charge in [-0.25, -0.2) is 0 Å². The van der Waals surface area contributed by atoms with E-state index >= 15 is 0 Å². The molecular weight excluding hydrogens is 260 g/mol. The number of carbonyl (C=O) groups excluding carboxylic acids is 1. The number of rotatable bonds is 6. The van der Waals surface area contributed by atoms with E-state index < -0.39 is 17.5 Å². The number of aliphatic carboxylic acids is 1. The molecule has 0 saturated carbocycles. The molecule has 0 fully saturated rings. The van der Waals surface area contributed by atoms with Gasteiger partial charge in [-0.2, -0.15) is 4.98 Å². The van der Waals surface area contributed by atoms with Crippen molar-refractivity contribution in [2.75, 3.05) is 12.4 Å². The van der Waals surface area contributed by atoms with E-state index in [1.165, 1.54) is 16.8 Å². The number of aromatic nitrogens is 2. The molecule has 18 heavy (non-hydrogen) atoms. The number of thioether (sulfide) groups is 1. The zero-order chi connectivity index (χ0) is 13.5. The summed E-state index contributed by atoms with van der Waals surface area (Å²) in [6.07, 6.45) is 1.39. The van der Waals surface area contributed by atoms with Crippen molar-refractivity contribution in [3.8, 4) is 0 Å². The lowest BCUT2D eigenvalue weighted by atomic mass is 10.6. The molecule has 7 nitrogen and oxygen atoms in total. The van der Waals surface area contributed by atoms with Gasteiger partial charge in [0.25, 0.3) is 5.56 Å². The van der Waals surface area contributed by atoms with Gasteiger partial charge in [0.15, 0.2) is 5.16 Å². The second kappa shape index (κ2) is 6.80. The molecule has 1 aromatic rings. The first-order valence-corrected chi connectivity index (χ1v) is 6.09. The van der Waals surface area contributed by atoms with E-state index in [0.717, 1.165) is 11.8 Å². The molecule has 0 spiro atoms. The molecule has 1 rings (SSSR count). The molecule has 8 heteroatoms. The van der Waals surface area contributed by atoms with Crippen LogP contribution in [0.15, 0.2) is 22.2 Å². The summed E-state index contributed by atoms with van der Waals surface area (Å²) < 4.78 is 6.15. The molecule has 0 aliphatic rings. The molecule has 0 aromatic carbocycles. The van der Waals surface area contributed by atoms with Gasteiger partial charge in [-0.15, -0.1) is 0 Å². The first-order chi connectivity index (χ1) is 8.52. The van der Waals surface area contributed by atoms with Crippen molar-refractivity contribution in [1.82, 2.24) is 9.55 Å². The number of hydrogen-bond donors (Lipinski definition) is 1. The highest BCUT2D eigenvalue weighted by Crippen LogP contribution is 2.13. The van der Waals surface area contributed by atoms with Gasteiger partial charge in [0.05, 0.1) is 12.4 Å². The second-order valence-corrected chi connectivity index (χ2v) is 4.11. The number of carbonyl (C=O) groups is 2. The van der Waals surface area contributed by atoms with Gasteiger partial charge >= 0.3 is 11.9 Å². The molecule has 0 saturated heterocycles. The van der Waals surface area contributed by atoms with Crippen molar-refractivity contribution < 1.29 is 19.4 Å². The zero-order valence-corrected chi connectivity index (χ0v) is 10.5. The van der Waals surface area contributed by atoms with E-state index in [4.69, 9.17) is 9.84 Å². The number of ether oxygens (including phenoxy) is 1. The molecular formula is C10H12N2O5S. The summed E-state index contributed by atoms with van der Waals surface area (Å²) in [5.41, 5.74) is -0.483. The van der Waals surface area contributed by atoms with Crippen LogP contribution in [0.25, 0.3) is 0 Å². The number of carboxylic acids is 1. The number of nitrogens with zero attached hydrogens (tertiary/aromatic N) is 2. The van der Waals surface area contributed by atoms with Crippen LogP contribution in [0.4, 0.5) is 0 Å². The number of carboxylic acid groups (broad SMARTS) is 1. The van der Waals surface area contributed by atoms with Crippen LogP contribution in [0, 0.1) is 0 Å². The molecule has 0 amide bonds. The first-order valence-electron chi connectivity index (χ1n) is 5.10. The summed E-state index contributed by atoms with van der Waals surface area (Å²) in [7, 11) is 0. The van der Waals surface area contributed by atoms with Crippen LogP contribution in [0.3, 0.4) is 0 Å². The van der Waals surface area contributed by atoms with Crippen molar-refractivity contribution in [2.45, 2.75) is 18.6 Å². The molecule has 0 bridgehead atoms. The third-order valence-corrected chi connectivity index (χ3v) is 2.75. The summed E-state index contributed by atoms with van der Waals surface area (Å²) in [5.74, 6) is -1.74. The predicted octanol–water partition coefficient (Wildman–Crippen LogP) is -0.0169. The minimum absolute atomic E-state index is 0.108. The molecule has 1 N–H and O–H groups in total. The van der Waals surface area contributed by atoms with Crippen LogP contribution in [0.1, 0.15) is 6.92 Å². The lowest BCUT2D eigenvalue weighted by molar-refractivity contribution is -0.144. The normalized spacial score (nSPS) is 10.1. The molecule has 0 atom stereocenters. The SMILES string of the molecule is CCOC(=O)Cn1ccc(=O)nc1SCC(=O)O. The van der Waals surface area contributed by atoms with Crippen molar-refractivity contribution >= 4 is 23.7 Å². The van der Waals surface area contributed by atoms with E-state index in [1.807, 2.05) is 0 Å². The Morgan fingerprint density at radius 2 is 2.28 bits per heavy atom. The maximum atomic E-state index is 11.3. The monoisotopic (exact) mass is 272 g/mol.